The molecule has 0 aliphatic carbocycles. The minimum atomic E-state index is -1.34. The maximum absolute atomic E-state index is 5.67. The van der Waals surface area contributed by atoms with Gasteiger partial charge < -0.3 is 24.1 Å². The van der Waals surface area contributed by atoms with Crippen molar-refractivity contribution in [1.29, 1.82) is 0 Å². The molecular weight excluding hydrogens is 360 g/mol. The van der Waals surface area contributed by atoms with Crippen molar-refractivity contribution in [3.05, 3.63) is 0 Å². The third kappa shape index (κ3) is 12.6. The van der Waals surface area contributed by atoms with Crippen LogP contribution >= 0.6 is 0 Å². The Morgan fingerprint density at radius 3 is 2.15 bits per heavy atom. The van der Waals surface area contributed by atoms with Gasteiger partial charge in [0, 0.05) is 39.0 Å². The molecule has 0 aromatic rings. The highest BCUT2D eigenvalue weighted by molar-refractivity contribution is 6.73. The van der Waals surface area contributed by atoms with Crippen molar-refractivity contribution >= 4 is 17.8 Å². The summed E-state index contributed by atoms with van der Waals surface area (Å²) in [4.78, 5) is 0. The summed E-state index contributed by atoms with van der Waals surface area (Å²) < 4.78 is 19.7. The minimum absolute atomic E-state index is 0.106. The Labute approximate surface area is 166 Å². The zero-order valence-electron chi connectivity index (χ0n) is 18.6. The smallest absolute Gasteiger partial charge is 0.134 e. The second kappa shape index (κ2) is 16.2. The molecule has 158 valence electrons. The van der Waals surface area contributed by atoms with Gasteiger partial charge in [-0.3, -0.25) is 0 Å². The summed E-state index contributed by atoms with van der Waals surface area (Å²) in [7, 11) is -1.65. The molecule has 0 heterocycles. The fourth-order valence-corrected chi connectivity index (χ4v) is 7.07. The average Bonchev–Trinajstić information content (AvgIpc) is 2.58. The summed E-state index contributed by atoms with van der Waals surface area (Å²) in [5.41, 5.74) is 0. The van der Waals surface area contributed by atoms with Crippen molar-refractivity contribution in [2.75, 3.05) is 46.1 Å². The van der Waals surface area contributed by atoms with Gasteiger partial charge in [0.2, 0.25) is 0 Å². The Morgan fingerprint density at radius 1 is 1.00 bits per heavy atom. The van der Waals surface area contributed by atoms with Crippen LogP contribution < -0.4 is 5.32 Å². The lowest BCUT2D eigenvalue weighted by atomic mass is 10.2. The van der Waals surface area contributed by atoms with E-state index in [4.69, 9.17) is 14.2 Å². The van der Waals surface area contributed by atoms with Gasteiger partial charge in [-0.1, -0.05) is 32.6 Å². The molecule has 0 saturated carbocycles. The molecular formula is C19H46N2O3Si2. The highest BCUT2D eigenvalue weighted by Gasteiger charge is 2.29. The van der Waals surface area contributed by atoms with Crippen molar-refractivity contribution in [2.45, 2.75) is 78.2 Å². The van der Waals surface area contributed by atoms with Crippen LogP contribution in [-0.4, -0.2) is 80.3 Å². The maximum Gasteiger partial charge on any atom is 0.134 e. The third-order valence-corrected chi connectivity index (χ3v) is 8.75. The summed E-state index contributed by atoms with van der Waals surface area (Å²) in [5.74, 6) is 0.106. The Balaban J connectivity index is 4.17. The van der Waals surface area contributed by atoms with Gasteiger partial charge in [0.25, 0.3) is 0 Å². The number of rotatable bonds is 18. The molecule has 7 heteroatoms. The Morgan fingerprint density at radius 2 is 1.65 bits per heavy atom. The molecule has 1 unspecified atom stereocenters. The number of hydrogen-bond acceptors (Lipinski definition) is 5. The summed E-state index contributed by atoms with van der Waals surface area (Å²) in [5, 5.41) is 3.70. The lowest BCUT2D eigenvalue weighted by Crippen LogP contribution is -2.56. The first-order valence-electron chi connectivity index (χ1n) is 10.7. The van der Waals surface area contributed by atoms with Crippen molar-refractivity contribution in [1.82, 2.24) is 9.88 Å². The van der Waals surface area contributed by atoms with E-state index in [0.717, 1.165) is 46.1 Å². The van der Waals surface area contributed by atoms with Crippen molar-refractivity contribution in [2.24, 2.45) is 0 Å². The zero-order chi connectivity index (χ0) is 19.8. The van der Waals surface area contributed by atoms with E-state index >= 15 is 0 Å². The molecule has 5 nitrogen and oxygen atoms in total. The molecule has 0 aliphatic rings. The summed E-state index contributed by atoms with van der Waals surface area (Å²) in [6.45, 7) is 22.2. The van der Waals surface area contributed by atoms with Crippen molar-refractivity contribution < 1.29 is 14.2 Å². The second-order valence-corrected chi connectivity index (χ2v) is 14.5. The van der Waals surface area contributed by atoms with E-state index in [1.807, 2.05) is 13.8 Å². The van der Waals surface area contributed by atoms with Crippen LogP contribution in [0.1, 0.15) is 40.5 Å². The van der Waals surface area contributed by atoms with Gasteiger partial charge in [-0.25, -0.2) is 0 Å². The standard InChI is InChI=1S/C19H46N2O3Si2/c1-8-18(21(26(5,6)7)14-15-22-9-2)17-20-13-12-16-25-19(23-10-3)24-11-4/h18-20H,8-17,25H2,1-7H3. The fraction of sp³-hybridized carbons (Fsp3) is 1.00. The number of nitrogens with zero attached hydrogens (tertiary/aromatic N) is 1. The molecule has 0 fully saturated rings. The molecule has 0 amide bonds. The van der Waals surface area contributed by atoms with E-state index in [2.05, 4.69) is 43.4 Å². The summed E-state index contributed by atoms with van der Waals surface area (Å²) in [6, 6.07) is 1.88. The van der Waals surface area contributed by atoms with Gasteiger partial charge in [0.15, 0.2) is 0 Å². The molecule has 0 radical (unpaired) electrons. The maximum atomic E-state index is 5.67. The minimum Gasteiger partial charge on any atom is -0.380 e. The second-order valence-electron chi connectivity index (χ2n) is 7.66. The Bertz CT molecular complexity index is 312. The number of nitrogens with one attached hydrogen (secondary N) is 1. The van der Waals surface area contributed by atoms with Gasteiger partial charge >= 0.3 is 0 Å². The normalized spacial score (nSPS) is 14.2. The van der Waals surface area contributed by atoms with Crippen LogP contribution in [0.4, 0.5) is 0 Å². The molecule has 0 aliphatic heterocycles. The first-order valence-corrected chi connectivity index (χ1v) is 15.9. The van der Waals surface area contributed by atoms with Crippen LogP contribution in [0.3, 0.4) is 0 Å². The Hall–Kier alpha value is 0.234. The zero-order valence-corrected chi connectivity index (χ0v) is 21.0. The number of ether oxygens (including phenoxy) is 3. The van der Waals surface area contributed by atoms with E-state index in [1.54, 1.807) is 0 Å². The number of hydrogen-bond donors (Lipinski definition) is 1. The quantitative estimate of drug-likeness (QED) is 0.215. The van der Waals surface area contributed by atoms with Crippen LogP contribution in [0.2, 0.25) is 25.7 Å². The van der Waals surface area contributed by atoms with E-state index in [0.29, 0.717) is 6.04 Å². The molecule has 0 aromatic carbocycles. The molecule has 0 aromatic heterocycles. The monoisotopic (exact) mass is 406 g/mol. The van der Waals surface area contributed by atoms with Crippen LogP contribution in [0.15, 0.2) is 0 Å². The first kappa shape index (κ1) is 26.2. The van der Waals surface area contributed by atoms with Gasteiger partial charge in [0.1, 0.15) is 14.1 Å². The van der Waals surface area contributed by atoms with E-state index in [-0.39, 0.29) is 15.4 Å². The molecule has 1 atom stereocenters. The first-order chi connectivity index (χ1) is 12.4. The van der Waals surface area contributed by atoms with E-state index in [9.17, 15) is 0 Å². The lowest BCUT2D eigenvalue weighted by molar-refractivity contribution is -0.0827. The highest BCUT2D eigenvalue weighted by Crippen LogP contribution is 2.15. The summed E-state index contributed by atoms with van der Waals surface area (Å²) >= 11 is 0. The van der Waals surface area contributed by atoms with Crippen LogP contribution in [0, 0.1) is 0 Å². The molecule has 1 N–H and O–H groups in total. The molecule has 0 spiro atoms. The van der Waals surface area contributed by atoms with Crippen molar-refractivity contribution in [3.8, 4) is 0 Å². The van der Waals surface area contributed by atoms with Crippen LogP contribution in [0.5, 0.6) is 0 Å². The van der Waals surface area contributed by atoms with E-state index in [1.165, 1.54) is 18.9 Å². The SMILES string of the molecule is CCOCCN(C(CC)CNCCC[SiH2]C(OCC)OCC)[Si](C)(C)C. The van der Waals surface area contributed by atoms with Gasteiger partial charge in [0.05, 0.1) is 16.1 Å². The van der Waals surface area contributed by atoms with Crippen molar-refractivity contribution in [3.63, 3.8) is 0 Å². The van der Waals surface area contributed by atoms with Gasteiger partial charge in [-0.05, 0) is 40.2 Å². The predicted molar refractivity (Wildman–Crippen MR) is 119 cm³/mol. The molecule has 0 bridgehead atoms. The average molecular weight is 407 g/mol. The highest BCUT2D eigenvalue weighted by atomic mass is 28.3. The van der Waals surface area contributed by atoms with Crippen LogP contribution in [-0.2, 0) is 14.2 Å². The largest absolute Gasteiger partial charge is 0.380 e. The van der Waals surface area contributed by atoms with Gasteiger partial charge in [-0.15, -0.1) is 0 Å². The summed E-state index contributed by atoms with van der Waals surface area (Å²) in [6.07, 6.45) is 2.42. The predicted octanol–water partition coefficient (Wildman–Crippen LogP) is 2.86. The van der Waals surface area contributed by atoms with E-state index < -0.39 is 8.24 Å². The topological polar surface area (TPSA) is 43.0 Å². The molecule has 0 rings (SSSR count). The fourth-order valence-electron chi connectivity index (χ4n) is 3.26. The molecule has 26 heavy (non-hydrogen) atoms. The van der Waals surface area contributed by atoms with Crippen LogP contribution in [0.25, 0.3) is 0 Å². The van der Waals surface area contributed by atoms with Gasteiger partial charge in [-0.2, -0.15) is 0 Å². The molecule has 0 saturated heterocycles. The lowest BCUT2D eigenvalue weighted by Gasteiger charge is -2.40. The third-order valence-electron chi connectivity index (χ3n) is 4.58. The Kier molecular flexibility index (Phi) is 16.4.